The summed E-state index contributed by atoms with van der Waals surface area (Å²) in [4.78, 5) is 8.35. The Bertz CT molecular complexity index is 1140. The van der Waals surface area contributed by atoms with E-state index in [1.165, 1.54) is 46.0 Å². The van der Waals surface area contributed by atoms with Crippen LogP contribution in [0.3, 0.4) is 0 Å². The fourth-order valence-electron chi connectivity index (χ4n) is 3.30. The van der Waals surface area contributed by atoms with Gasteiger partial charge in [0.05, 0.1) is 9.75 Å². The van der Waals surface area contributed by atoms with Crippen molar-refractivity contribution in [1.29, 1.82) is 0 Å². The molecule has 0 bridgehead atoms. The fraction of sp³-hybridized carbons (Fsp3) is 0.0909. The summed E-state index contributed by atoms with van der Waals surface area (Å²) in [5.41, 5.74) is 4.28. The molecule has 0 aliphatic carbocycles. The molecule has 0 N–H and O–H groups in total. The summed E-state index contributed by atoms with van der Waals surface area (Å²) in [6, 6.07) is 15.6. The Morgan fingerprint density at radius 2 is 1.19 bits per heavy atom. The molecule has 5 heteroatoms. The molecule has 0 spiro atoms. The third-order valence-electron chi connectivity index (χ3n) is 4.52. The lowest BCUT2D eigenvalue weighted by molar-refractivity contribution is 1.16. The van der Waals surface area contributed by atoms with Crippen LogP contribution in [0, 0.1) is 0 Å². The Morgan fingerprint density at radius 3 is 1.74 bits per heavy atom. The molecule has 5 rings (SSSR count). The topological polar surface area (TPSA) is 0 Å². The summed E-state index contributed by atoms with van der Waals surface area (Å²) in [5, 5.41) is 8.79. The van der Waals surface area contributed by atoms with Crippen molar-refractivity contribution in [3.05, 3.63) is 69.5 Å². The molecule has 5 aromatic rings. The molecular formula is C22H16S5. The van der Waals surface area contributed by atoms with Gasteiger partial charge in [-0.15, -0.1) is 56.7 Å². The first-order valence-corrected chi connectivity index (χ1v) is 13.1. The van der Waals surface area contributed by atoms with Crippen LogP contribution >= 0.6 is 56.7 Å². The third-order valence-corrected chi connectivity index (χ3v) is 9.66. The molecule has 0 aromatic carbocycles. The highest BCUT2D eigenvalue weighted by Gasteiger charge is 2.26. The molecule has 0 saturated carbocycles. The number of aryl methyl sites for hydroxylation is 1. The molecule has 0 amide bonds. The summed E-state index contributed by atoms with van der Waals surface area (Å²) in [5.74, 6) is 0. The Labute approximate surface area is 179 Å². The minimum Gasteiger partial charge on any atom is -0.144 e. The van der Waals surface area contributed by atoms with Gasteiger partial charge in [0.1, 0.15) is 0 Å². The SMILES string of the molecule is CCc1ccsc1-c1sc(-c2cccs2)c(-c2cccs2)c1-c1cccs1. The summed E-state index contributed by atoms with van der Waals surface area (Å²) in [6.07, 6.45) is 1.07. The molecule has 27 heavy (non-hydrogen) atoms. The van der Waals surface area contributed by atoms with Crippen molar-refractivity contribution >= 4 is 56.7 Å². The lowest BCUT2D eigenvalue weighted by Crippen LogP contribution is -1.82. The standard InChI is InChI=1S/C22H16S5/c1-2-14-9-13-26-20(14)22-19(16-7-4-11-24-16)18(15-6-3-10-23-15)21(27-22)17-8-5-12-25-17/h3-13H,2H2,1H3. The largest absolute Gasteiger partial charge is 0.144 e. The molecule has 0 aliphatic heterocycles. The third kappa shape index (κ3) is 3.08. The molecule has 0 nitrogen and oxygen atoms in total. The molecule has 134 valence electrons. The van der Waals surface area contributed by atoms with E-state index < -0.39 is 0 Å². The van der Waals surface area contributed by atoms with Gasteiger partial charge < -0.3 is 0 Å². The lowest BCUT2D eigenvalue weighted by Gasteiger charge is -2.06. The number of rotatable bonds is 5. The highest BCUT2D eigenvalue weighted by molar-refractivity contribution is 7.27. The van der Waals surface area contributed by atoms with Gasteiger partial charge in [-0.25, -0.2) is 0 Å². The minimum atomic E-state index is 1.07. The summed E-state index contributed by atoms with van der Waals surface area (Å²) in [7, 11) is 0. The van der Waals surface area contributed by atoms with Crippen molar-refractivity contribution in [1.82, 2.24) is 0 Å². The van der Waals surface area contributed by atoms with Crippen LogP contribution in [-0.4, -0.2) is 0 Å². The van der Waals surface area contributed by atoms with Gasteiger partial charge in [0.15, 0.2) is 0 Å². The van der Waals surface area contributed by atoms with E-state index in [1.54, 1.807) is 0 Å². The Morgan fingerprint density at radius 1 is 0.593 bits per heavy atom. The second kappa shape index (κ2) is 7.49. The maximum Gasteiger partial charge on any atom is 0.0545 e. The zero-order valence-corrected chi connectivity index (χ0v) is 18.7. The van der Waals surface area contributed by atoms with Crippen LogP contribution in [0.2, 0.25) is 0 Å². The Kier molecular flexibility index (Phi) is 4.88. The van der Waals surface area contributed by atoms with E-state index in [0.717, 1.165) is 6.42 Å². The van der Waals surface area contributed by atoms with E-state index in [4.69, 9.17) is 0 Å². The molecule has 0 aliphatic rings. The number of thiophene rings is 5. The van der Waals surface area contributed by atoms with Crippen molar-refractivity contribution in [2.75, 3.05) is 0 Å². The average Bonchev–Trinajstić information content (AvgIpc) is 3.51. The monoisotopic (exact) mass is 440 g/mol. The molecule has 0 fully saturated rings. The first kappa shape index (κ1) is 17.6. The van der Waals surface area contributed by atoms with E-state index in [-0.39, 0.29) is 0 Å². The highest BCUT2D eigenvalue weighted by Crippen LogP contribution is 2.55. The Balaban J connectivity index is 1.88. The zero-order chi connectivity index (χ0) is 18.2. The van der Waals surface area contributed by atoms with Crippen LogP contribution in [0.4, 0.5) is 0 Å². The summed E-state index contributed by atoms with van der Waals surface area (Å²) in [6.45, 7) is 2.25. The van der Waals surface area contributed by atoms with Crippen molar-refractivity contribution in [2.45, 2.75) is 13.3 Å². The number of hydrogen-bond acceptors (Lipinski definition) is 5. The summed E-state index contributed by atoms with van der Waals surface area (Å²) >= 11 is 9.36. The van der Waals surface area contributed by atoms with Gasteiger partial charge in [-0.05, 0) is 57.8 Å². The normalized spacial score (nSPS) is 11.3. The molecule has 0 radical (unpaired) electrons. The molecule has 0 saturated heterocycles. The predicted molar refractivity (Wildman–Crippen MR) is 127 cm³/mol. The van der Waals surface area contributed by atoms with Crippen LogP contribution in [0.25, 0.3) is 40.4 Å². The van der Waals surface area contributed by atoms with Gasteiger partial charge in [-0.2, -0.15) is 0 Å². The Hall–Kier alpha value is -1.50. The van der Waals surface area contributed by atoms with Gasteiger partial charge >= 0.3 is 0 Å². The highest BCUT2D eigenvalue weighted by atomic mass is 32.1. The lowest BCUT2D eigenvalue weighted by atomic mass is 10.0. The van der Waals surface area contributed by atoms with E-state index in [2.05, 4.69) is 70.9 Å². The van der Waals surface area contributed by atoms with Crippen molar-refractivity contribution < 1.29 is 0 Å². The van der Waals surface area contributed by atoms with E-state index in [1.807, 2.05) is 56.7 Å². The van der Waals surface area contributed by atoms with Crippen LogP contribution in [-0.2, 0) is 6.42 Å². The van der Waals surface area contributed by atoms with Crippen molar-refractivity contribution in [3.63, 3.8) is 0 Å². The fourth-order valence-corrected chi connectivity index (χ4v) is 8.37. The van der Waals surface area contributed by atoms with Gasteiger partial charge in [-0.1, -0.05) is 25.1 Å². The van der Waals surface area contributed by atoms with E-state index in [0.29, 0.717) is 0 Å². The van der Waals surface area contributed by atoms with Crippen LogP contribution in [0.5, 0.6) is 0 Å². The average molecular weight is 441 g/mol. The molecule has 5 heterocycles. The minimum absolute atomic E-state index is 1.07. The zero-order valence-electron chi connectivity index (χ0n) is 14.6. The van der Waals surface area contributed by atoms with Gasteiger partial charge in [0.2, 0.25) is 0 Å². The maximum atomic E-state index is 2.29. The van der Waals surface area contributed by atoms with Gasteiger partial charge in [0.25, 0.3) is 0 Å². The number of hydrogen-bond donors (Lipinski definition) is 0. The quantitative estimate of drug-likeness (QED) is 0.255. The molecular weight excluding hydrogens is 425 g/mol. The van der Waals surface area contributed by atoms with Crippen molar-refractivity contribution in [2.24, 2.45) is 0 Å². The molecule has 0 atom stereocenters. The van der Waals surface area contributed by atoms with Gasteiger partial charge in [0, 0.05) is 30.6 Å². The van der Waals surface area contributed by atoms with Gasteiger partial charge in [-0.3, -0.25) is 0 Å². The second-order valence-corrected chi connectivity index (χ2v) is 10.9. The predicted octanol–water partition coefficient (Wildman–Crippen LogP) is 9.22. The molecule has 0 unspecified atom stereocenters. The maximum absolute atomic E-state index is 2.29. The first-order chi connectivity index (χ1) is 13.4. The van der Waals surface area contributed by atoms with Crippen LogP contribution < -0.4 is 0 Å². The smallest absolute Gasteiger partial charge is 0.0545 e. The van der Waals surface area contributed by atoms with E-state index >= 15 is 0 Å². The van der Waals surface area contributed by atoms with E-state index in [9.17, 15) is 0 Å². The molecule has 5 aromatic heterocycles. The summed E-state index contributed by atoms with van der Waals surface area (Å²) < 4.78 is 0. The first-order valence-electron chi connectivity index (χ1n) is 8.72. The second-order valence-electron chi connectivity index (χ2n) is 6.07. The van der Waals surface area contributed by atoms with Crippen LogP contribution in [0.15, 0.2) is 64.0 Å². The van der Waals surface area contributed by atoms with Crippen molar-refractivity contribution in [3.8, 4) is 40.4 Å². The van der Waals surface area contributed by atoms with Crippen LogP contribution in [0.1, 0.15) is 12.5 Å².